The van der Waals surface area contributed by atoms with E-state index in [1.54, 1.807) is 0 Å². The highest BCUT2D eigenvalue weighted by molar-refractivity contribution is 7.11. The first-order chi connectivity index (χ1) is 8.76. The molecule has 0 aliphatic carbocycles. The first kappa shape index (κ1) is 12.6. The molecule has 3 nitrogen and oxygen atoms in total. The fraction of sp³-hybridized carbons (Fsp3) is 0.786. The van der Waals surface area contributed by atoms with Crippen LogP contribution in [0.1, 0.15) is 49.0 Å². The monoisotopic (exact) mass is 265 g/mol. The second-order valence-corrected chi connectivity index (χ2v) is 6.84. The Hall–Kier alpha value is -0.450. The molecule has 2 saturated heterocycles. The van der Waals surface area contributed by atoms with Gasteiger partial charge in [0.1, 0.15) is 5.01 Å². The zero-order chi connectivity index (χ0) is 12.5. The Labute approximate surface area is 113 Å². The van der Waals surface area contributed by atoms with E-state index in [2.05, 4.69) is 29.5 Å². The van der Waals surface area contributed by atoms with Gasteiger partial charge in [0.15, 0.2) is 0 Å². The standard InChI is InChI=1S/C14H23N3S/c1-3-12-8-16-14(18-12)9(2)15-7-10-6-11-4-5-13(10)17-11/h8-11,13,15,17H,3-7H2,1-2H3. The fourth-order valence-electron chi connectivity index (χ4n) is 3.26. The van der Waals surface area contributed by atoms with Crippen LogP contribution in [0.25, 0.3) is 0 Å². The van der Waals surface area contributed by atoms with E-state index in [-0.39, 0.29) is 0 Å². The molecule has 4 unspecified atom stereocenters. The van der Waals surface area contributed by atoms with Gasteiger partial charge in [-0.05, 0) is 38.5 Å². The topological polar surface area (TPSA) is 37.0 Å². The van der Waals surface area contributed by atoms with Gasteiger partial charge in [-0.3, -0.25) is 0 Å². The molecule has 4 atom stereocenters. The van der Waals surface area contributed by atoms with Crippen molar-refractivity contribution in [3.8, 4) is 0 Å². The highest BCUT2D eigenvalue weighted by Crippen LogP contribution is 2.33. The van der Waals surface area contributed by atoms with E-state index in [0.717, 1.165) is 31.0 Å². The number of nitrogens with one attached hydrogen (secondary N) is 2. The number of hydrogen-bond donors (Lipinski definition) is 2. The summed E-state index contributed by atoms with van der Waals surface area (Å²) in [7, 11) is 0. The van der Waals surface area contributed by atoms with Gasteiger partial charge in [-0.1, -0.05) is 6.92 Å². The number of thiazole rings is 1. The molecule has 2 N–H and O–H groups in total. The molecule has 0 spiro atoms. The molecule has 3 heterocycles. The Morgan fingerprint density at radius 1 is 1.56 bits per heavy atom. The van der Waals surface area contributed by atoms with E-state index < -0.39 is 0 Å². The lowest BCUT2D eigenvalue weighted by molar-refractivity contribution is 0.368. The van der Waals surface area contributed by atoms with Crippen LogP contribution < -0.4 is 10.6 Å². The van der Waals surface area contributed by atoms with Gasteiger partial charge in [0.05, 0.1) is 6.04 Å². The molecule has 2 aliphatic heterocycles. The molecule has 18 heavy (non-hydrogen) atoms. The smallest absolute Gasteiger partial charge is 0.109 e. The van der Waals surface area contributed by atoms with Crippen molar-refractivity contribution in [3.05, 3.63) is 16.1 Å². The molecule has 1 aromatic rings. The summed E-state index contributed by atoms with van der Waals surface area (Å²) in [6, 6.07) is 1.98. The zero-order valence-corrected chi connectivity index (χ0v) is 12.1. The van der Waals surface area contributed by atoms with E-state index in [1.165, 1.54) is 29.1 Å². The molecule has 1 aromatic heterocycles. The number of rotatable bonds is 5. The van der Waals surface area contributed by atoms with Crippen LogP contribution >= 0.6 is 11.3 Å². The van der Waals surface area contributed by atoms with E-state index >= 15 is 0 Å². The third-order valence-electron chi connectivity index (χ3n) is 4.41. The van der Waals surface area contributed by atoms with E-state index in [1.807, 2.05) is 17.5 Å². The highest BCUT2D eigenvalue weighted by Gasteiger charge is 2.38. The molecule has 0 aromatic carbocycles. The summed E-state index contributed by atoms with van der Waals surface area (Å²) in [4.78, 5) is 5.91. The summed E-state index contributed by atoms with van der Waals surface area (Å²) in [6.07, 6.45) is 7.26. The van der Waals surface area contributed by atoms with Crippen molar-refractivity contribution >= 4 is 11.3 Å². The second kappa shape index (κ2) is 5.27. The number of nitrogens with zero attached hydrogens (tertiary/aromatic N) is 1. The van der Waals surface area contributed by atoms with Crippen LogP contribution in [-0.2, 0) is 6.42 Å². The van der Waals surface area contributed by atoms with Gasteiger partial charge in [-0.2, -0.15) is 0 Å². The lowest BCUT2D eigenvalue weighted by Crippen LogP contribution is -2.32. The van der Waals surface area contributed by atoms with Crippen LogP contribution in [0.2, 0.25) is 0 Å². The number of fused-ring (bicyclic) bond motifs is 2. The van der Waals surface area contributed by atoms with Crippen LogP contribution in [0.5, 0.6) is 0 Å². The molecular weight excluding hydrogens is 242 g/mol. The fourth-order valence-corrected chi connectivity index (χ4v) is 4.15. The summed E-state index contributed by atoms with van der Waals surface area (Å²) < 4.78 is 0. The zero-order valence-electron chi connectivity index (χ0n) is 11.3. The van der Waals surface area contributed by atoms with Crippen molar-refractivity contribution in [2.75, 3.05) is 6.54 Å². The van der Waals surface area contributed by atoms with Gasteiger partial charge < -0.3 is 10.6 Å². The van der Waals surface area contributed by atoms with Crippen LogP contribution in [0, 0.1) is 5.92 Å². The van der Waals surface area contributed by atoms with Crippen LogP contribution in [0.15, 0.2) is 6.20 Å². The summed E-state index contributed by atoms with van der Waals surface area (Å²) >= 11 is 1.85. The molecule has 2 aliphatic rings. The van der Waals surface area contributed by atoms with Crippen molar-refractivity contribution in [1.29, 1.82) is 0 Å². The summed E-state index contributed by atoms with van der Waals surface area (Å²) in [5.74, 6) is 0.830. The Morgan fingerprint density at radius 3 is 3.06 bits per heavy atom. The maximum absolute atomic E-state index is 4.52. The molecule has 3 rings (SSSR count). The van der Waals surface area contributed by atoms with Crippen molar-refractivity contribution in [3.63, 3.8) is 0 Å². The highest BCUT2D eigenvalue weighted by atomic mass is 32.1. The first-order valence-corrected chi connectivity index (χ1v) is 8.02. The summed E-state index contributed by atoms with van der Waals surface area (Å²) in [5, 5.41) is 8.61. The van der Waals surface area contributed by atoms with Crippen LogP contribution in [0.4, 0.5) is 0 Å². The SMILES string of the molecule is CCc1cnc(C(C)NCC2CC3CCC2N3)s1. The maximum Gasteiger partial charge on any atom is 0.109 e. The van der Waals surface area contributed by atoms with Gasteiger partial charge in [-0.15, -0.1) is 11.3 Å². The van der Waals surface area contributed by atoms with Gasteiger partial charge in [0.2, 0.25) is 0 Å². The Kier molecular flexibility index (Phi) is 3.68. The first-order valence-electron chi connectivity index (χ1n) is 7.20. The number of aryl methyl sites for hydroxylation is 1. The minimum absolute atomic E-state index is 0.398. The number of aromatic nitrogens is 1. The molecule has 0 amide bonds. The molecule has 2 fully saturated rings. The van der Waals surface area contributed by atoms with Crippen molar-refractivity contribution in [2.24, 2.45) is 5.92 Å². The molecule has 2 bridgehead atoms. The summed E-state index contributed by atoms with van der Waals surface area (Å²) in [6.45, 7) is 5.56. The van der Waals surface area contributed by atoms with Crippen molar-refractivity contribution < 1.29 is 0 Å². The van der Waals surface area contributed by atoms with Crippen molar-refractivity contribution in [1.82, 2.24) is 15.6 Å². The molecule has 4 heteroatoms. The maximum atomic E-state index is 4.52. The Balaban J connectivity index is 1.50. The van der Waals surface area contributed by atoms with E-state index in [0.29, 0.717) is 6.04 Å². The lowest BCUT2D eigenvalue weighted by Gasteiger charge is -2.22. The average Bonchev–Trinajstić information content (AvgIpc) is 3.10. The predicted octanol–water partition coefficient (Wildman–Crippen LogP) is 2.50. The van der Waals surface area contributed by atoms with Gasteiger partial charge in [-0.25, -0.2) is 4.98 Å². The Morgan fingerprint density at radius 2 is 2.44 bits per heavy atom. The lowest BCUT2D eigenvalue weighted by atomic mass is 9.89. The van der Waals surface area contributed by atoms with Gasteiger partial charge in [0, 0.05) is 29.7 Å². The van der Waals surface area contributed by atoms with Crippen LogP contribution in [-0.4, -0.2) is 23.6 Å². The average molecular weight is 265 g/mol. The molecule has 100 valence electrons. The molecule has 0 saturated carbocycles. The minimum atomic E-state index is 0.398. The third kappa shape index (κ3) is 2.46. The number of hydrogen-bond acceptors (Lipinski definition) is 4. The summed E-state index contributed by atoms with van der Waals surface area (Å²) in [5.41, 5.74) is 0. The predicted molar refractivity (Wildman–Crippen MR) is 76.0 cm³/mol. The van der Waals surface area contributed by atoms with Gasteiger partial charge >= 0.3 is 0 Å². The normalized spacial score (nSPS) is 32.0. The van der Waals surface area contributed by atoms with Crippen LogP contribution in [0.3, 0.4) is 0 Å². The second-order valence-electron chi connectivity index (χ2n) is 5.69. The Bertz CT molecular complexity index is 403. The molecular formula is C14H23N3S. The quantitative estimate of drug-likeness (QED) is 0.859. The molecule has 0 radical (unpaired) electrons. The van der Waals surface area contributed by atoms with Gasteiger partial charge in [0.25, 0.3) is 0 Å². The third-order valence-corrected chi connectivity index (χ3v) is 5.73. The van der Waals surface area contributed by atoms with E-state index in [4.69, 9.17) is 0 Å². The minimum Gasteiger partial charge on any atom is -0.311 e. The van der Waals surface area contributed by atoms with E-state index in [9.17, 15) is 0 Å². The largest absolute Gasteiger partial charge is 0.311 e. The van der Waals surface area contributed by atoms with Crippen molar-refractivity contribution in [2.45, 2.75) is 57.7 Å².